The monoisotopic (exact) mass is 315 g/mol. The van der Waals surface area contributed by atoms with Gasteiger partial charge in [-0.05, 0) is 23.1 Å². The van der Waals surface area contributed by atoms with E-state index in [-0.39, 0.29) is 17.4 Å². The summed E-state index contributed by atoms with van der Waals surface area (Å²) in [7, 11) is 3.55. The molecule has 0 fully saturated rings. The second-order valence-electron chi connectivity index (χ2n) is 6.91. The van der Waals surface area contributed by atoms with Gasteiger partial charge in [-0.3, -0.25) is 4.79 Å². The lowest BCUT2D eigenvalue weighted by atomic mass is 9.91. The molecule has 1 unspecified atom stereocenters. The zero-order valence-corrected chi connectivity index (χ0v) is 14.5. The van der Waals surface area contributed by atoms with Gasteiger partial charge in [-0.1, -0.05) is 32.9 Å². The summed E-state index contributed by atoms with van der Waals surface area (Å²) in [6.07, 6.45) is 4.06. The van der Waals surface area contributed by atoms with Gasteiger partial charge in [0.2, 0.25) is 5.91 Å². The average molecular weight is 315 g/mol. The number of rotatable bonds is 5. The second-order valence-corrected chi connectivity index (χ2v) is 6.91. The van der Waals surface area contributed by atoms with Gasteiger partial charge in [0.05, 0.1) is 7.11 Å². The van der Waals surface area contributed by atoms with Crippen LogP contribution in [-0.4, -0.2) is 22.6 Å². The first kappa shape index (κ1) is 17.1. The van der Waals surface area contributed by atoms with E-state index < -0.39 is 0 Å². The molecule has 0 saturated heterocycles. The number of amides is 1. The molecular formula is C18H25N3O2. The van der Waals surface area contributed by atoms with Gasteiger partial charge in [0, 0.05) is 25.9 Å². The number of carbonyl (C=O) groups is 1. The Morgan fingerprint density at radius 2 is 2.13 bits per heavy atom. The van der Waals surface area contributed by atoms with E-state index in [2.05, 4.69) is 10.3 Å². The van der Waals surface area contributed by atoms with Gasteiger partial charge in [0.25, 0.3) is 0 Å². The maximum Gasteiger partial charge on any atom is 0.221 e. The molecule has 0 bridgehead atoms. The van der Waals surface area contributed by atoms with Crippen molar-refractivity contribution < 1.29 is 9.53 Å². The average Bonchev–Trinajstić information content (AvgIpc) is 2.89. The van der Waals surface area contributed by atoms with Crippen LogP contribution in [0.1, 0.15) is 44.6 Å². The number of hydrogen-bond donors (Lipinski definition) is 1. The first-order valence-electron chi connectivity index (χ1n) is 7.71. The largest absolute Gasteiger partial charge is 0.497 e. The summed E-state index contributed by atoms with van der Waals surface area (Å²) in [4.78, 5) is 16.8. The van der Waals surface area contributed by atoms with Crippen LogP contribution in [0.15, 0.2) is 36.7 Å². The van der Waals surface area contributed by atoms with Crippen LogP contribution in [0.5, 0.6) is 5.75 Å². The zero-order chi connectivity index (χ0) is 17.0. The number of carbonyl (C=O) groups excluding carboxylic acids is 1. The Kier molecular flexibility index (Phi) is 5.08. The number of aromatic nitrogens is 2. The number of benzene rings is 1. The third kappa shape index (κ3) is 4.58. The molecule has 1 aromatic carbocycles. The Labute approximate surface area is 137 Å². The summed E-state index contributed by atoms with van der Waals surface area (Å²) in [5, 5.41) is 3.11. The SMILES string of the molecule is COc1cccc(C(NC(=O)CC(C)(C)C)c2nccn2C)c1. The van der Waals surface area contributed by atoms with Crippen LogP contribution in [0.4, 0.5) is 0 Å². The number of aryl methyl sites for hydroxylation is 1. The molecular weight excluding hydrogens is 290 g/mol. The normalized spacial score (nSPS) is 12.7. The maximum atomic E-state index is 12.4. The summed E-state index contributed by atoms with van der Waals surface area (Å²) in [6.45, 7) is 6.15. The van der Waals surface area contributed by atoms with Gasteiger partial charge in [-0.25, -0.2) is 4.98 Å². The summed E-state index contributed by atoms with van der Waals surface area (Å²) in [6, 6.07) is 7.39. The van der Waals surface area contributed by atoms with Crippen molar-refractivity contribution in [3.63, 3.8) is 0 Å². The van der Waals surface area contributed by atoms with Gasteiger partial charge in [0.15, 0.2) is 0 Å². The highest BCUT2D eigenvalue weighted by atomic mass is 16.5. The molecule has 124 valence electrons. The number of methoxy groups -OCH3 is 1. The minimum Gasteiger partial charge on any atom is -0.497 e. The number of nitrogens with zero attached hydrogens (tertiary/aromatic N) is 2. The zero-order valence-electron chi connectivity index (χ0n) is 14.5. The third-order valence-electron chi connectivity index (χ3n) is 3.54. The molecule has 0 spiro atoms. The van der Waals surface area contributed by atoms with E-state index in [1.807, 2.05) is 62.8 Å². The number of hydrogen-bond acceptors (Lipinski definition) is 3. The number of imidazole rings is 1. The van der Waals surface area contributed by atoms with Crippen molar-refractivity contribution >= 4 is 5.91 Å². The molecule has 0 aliphatic rings. The fraction of sp³-hybridized carbons (Fsp3) is 0.444. The molecule has 0 radical (unpaired) electrons. The van der Waals surface area contributed by atoms with E-state index >= 15 is 0 Å². The third-order valence-corrected chi connectivity index (χ3v) is 3.54. The molecule has 1 N–H and O–H groups in total. The van der Waals surface area contributed by atoms with Crippen LogP contribution < -0.4 is 10.1 Å². The highest BCUT2D eigenvalue weighted by Crippen LogP contribution is 2.25. The Balaban J connectivity index is 2.33. The minimum atomic E-state index is -0.306. The standard InChI is InChI=1S/C18H25N3O2/c1-18(2,3)12-15(22)20-16(17-19-9-10-21(17)4)13-7-6-8-14(11-13)23-5/h6-11,16H,12H2,1-5H3,(H,20,22). The fourth-order valence-electron chi connectivity index (χ4n) is 2.47. The lowest BCUT2D eigenvalue weighted by Gasteiger charge is -2.23. The molecule has 1 atom stereocenters. The maximum absolute atomic E-state index is 12.4. The Bertz CT molecular complexity index is 671. The fourth-order valence-corrected chi connectivity index (χ4v) is 2.47. The number of ether oxygens (including phenoxy) is 1. The van der Waals surface area contributed by atoms with Gasteiger partial charge in [0.1, 0.15) is 17.6 Å². The Morgan fingerprint density at radius 1 is 1.39 bits per heavy atom. The molecule has 2 aromatic rings. The van der Waals surface area contributed by atoms with Gasteiger partial charge < -0.3 is 14.6 Å². The molecule has 0 saturated carbocycles. The number of nitrogens with one attached hydrogen (secondary N) is 1. The molecule has 5 nitrogen and oxygen atoms in total. The minimum absolute atomic E-state index is 0.00770. The molecule has 2 rings (SSSR count). The molecule has 0 aliphatic heterocycles. The van der Waals surface area contributed by atoms with Crippen LogP contribution in [0, 0.1) is 5.41 Å². The second kappa shape index (κ2) is 6.86. The van der Waals surface area contributed by atoms with Crippen LogP contribution in [0.3, 0.4) is 0 Å². The van der Waals surface area contributed by atoms with Gasteiger partial charge in [-0.2, -0.15) is 0 Å². The van der Waals surface area contributed by atoms with E-state index in [1.165, 1.54) is 0 Å². The molecule has 23 heavy (non-hydrogen) atoms. The highest BCUT2D eigenvalue weighted by molar-refractivity contribution is 5.77. The van der Waals surface area contributed by atoms with Crippen LogP contribution >= 0.6 is 0 Å². The first-order valence-corrected chi connectivity index (χ1v) is 7.71. The van der Waals surface area contributed by atoms with E-state index in [9.17, 15) is 4.79 Å². The quantitative estimate of drug-likeness (QED) is 0.922. The topological polar surface area (TPSA) is 56.1 Å². The van der Waals surface area contributed by atoms with Crippen molar-refractivity contribution in [2.45, 2.75) is 33.2 Å². The first-order chi connectivity index (χ1) is 10.8. The van der Waals surface area contributed by atoms with Crippen LogP contribution in [0.25, 0.3) is 0 Å². The summed E-state index contributed by atoms with van der Waals surface area (Å²) in [5.74, 6) is 1.56. The van der Waals surface area contributed by atoms with Crippen molar-refractivity contribution in [1.82, 2.24) is 14.9 Å². The van der Waals surface area contributed by atoms with Crippen molar-refractivity contribution in [3.8, 4) is 5.75 Å². The van der Waals surface area contributed by atoms with Crippen molar-refractivity contribution in [2.24, 2.45) is 12.5 Å². The smallest absolute Gasteiger partial charge is 0.221 e. The molecule has 1 heterocycles. The highest BCUT2D eigenvalue weighted by Gasteiger charge is 2.23. The lowest BCUT2D eigenvalue weighted by molar-refractivity contribution is -0.123. The van der Waals surface area contributed by atoms with E-state index in [0.717, 1.165) is 17.1 Å². The summed E-state index contributed by atoms with van der Waals surface area (Å²) >= 11 is 0. The lowest BCUT2D eigenvalue weighted by Crippen LogP contribution is -2.33. The van der Waals surface area contributed by atoms with Crippen LogP contribution in [0.2, 0.25) is 0 Å². The molecule has 1 aromatic heterocycles. The van der Waals surface area contributed by atoms with E-state index in [1.54, 1.807) is 13.3 Å². The van der Waals surface area contributed by atoms with Gasteiger partial charge in [-0.15, -0.1) is 0 Å². The predicted molar refractivity (Wildman–Crippen MR) is 90.3 cm³/mol. The van der Waals surface area contributed by atoms with Crippen molar-refractivity contribution in [1.29, 1.82) is 0 Å². The summed E-state index contributed by atoms with van der Waals surface area (Å²) < 4.78 is 7.22. The molecule has 5 heteroatoms. The van der Waals surface area contributed by atoms with E-state index in [4.69, 9.17) is 4.74 Å². The van der Waals surface area contributed by atoms with E-state index in [0.29, 0.717) is 6.42 Å². The molecule has 0 aliphatic carbocycles. The van der Waals surface area contributed by atoms with Crippen molar-refractivity contribution in [2.75, 3.05) is 7.11 Å². The Hall–Kier alpha value is -2.30. The van der Waals surface area contributed by atoms with Crippen molar-refractivity contribution in [3.05, 3.63) is 48.0 Å². The summed E-state index contributed by atoms with van der Waals surface area (Å²) in [5.41, 5.74) is 0.880. The van der Waals surface area contributed by atoms with Crippen LogP contribution in [-0.2, 0) is 11.8 Å². The predicted octanol–water partition coefficient (Wildman–Crippen LogP) is 3.07. The molecule has 1 amide bonds. The van der Waals surface area contributed by atoms with Gasteiger partial charge >= 0.3 is 0 Å². The Morgan fingerprint density at radius 3 is 2.70 bits per heavy atom.